The van der Waals surface area contributed by atoms with Gasteiger partial charge in [-0.05, 0) is 19.1 Å². The van der Waals surface area contributed by atoms with Gasteiger partial charge in [-0.15, -0.1) is 0 Å². The quantitative estimate of drug-likeness (QED) is 0.535. The molecule has 108 valence electrons. The van der Waals surface area contributed by atoms with Crippen LogP contribution in [0.5, 0.6) is 0 Å². The molecule has 1 aliphatic rings. The van der Waals surface area contributed by atoms with Crippen molar-refractivity contribution < 1.29 is 19.5 Å². The van der Waals surface area contributed by atoms with Crippen molar-refractivity contribution in [2.24, 2.45) is 0 Å². The second-order valence-corrected chi connectivity index (χ2v) is 4.64. The Labute approximate surface area is 121 Å². The molecule has 0 bridgehead atoms. The van der Waals surface area contributed by atoms with Crippen molar-refractivity contribution in [3.05, 3.63) is 34.9 Å². The molecule has 2 N–H and O–H groups in total. The topological polar surface area (TPSA) is 86.7 Å². The zero-order valence-corrected chi connectivity index (χ0v) is 11.5. The van der Waals surface area contributed by atoms with Crippen LogP contribution < -0.4 is 5.32 Å². The molecule has 21 heavy (non-hydrogen) atoms. The van der Waals surface area contributed by atoms with Gasteiger partial charge >= 0.3 is 0 Å². The fourth-order valence-corrected chi connectivity index (χ4v) is 2.03. The van der Waals surface area contributed by atoms with E-state index in [2.05, 4.69) is 17.2 Å². The third-order valence-corrected chi connectivity index (χ3v) is 2.94. The van der Waals surface area contributed by atoms with Gasteiger partial charge in [0.05, 0.1) is 5.56 Å². The maximum Gasteiger partial charge on any atom is 0.256 e. The fourth-order valence-electron chi connectivity index (χ4n) is 2.03. The van der Waals surface area contributed by atoms with Crippen LogP contribution in [0.25, 0.3) is 0 Å². The molecule has 1 fully saturated rings. The number of hydrogen-bond donors (Lipinski definition) is 2. The normalized spacial score (nSPS) is 14.3. The predicted molar refractivity (Wildman–Crippen MR) is 74.2 cm³/mol. The van der Waals surface area contributed by atoms with Crippen LogP contribution >= 0.6 is 0 Å². The summed E-state index contributed by atoms with van der Waals surface area (Å²) in [5, 5.41) is 10.9. The number of nitrogens with one attached hydrogen (secondary N) is 1. The van der Waals surface area contributed by atoms with E-state index in [0.717, 1.165) is 5.56 Å². The number of aryl methyl sites for hydroxylation is 1. The number of aliphatic hydroxyl groups is 1. The number of rotatable bonds is 1. The monoisotopic (exact) mass is 286 g/mol. The number of amides is 3. The summed E-state index contributed by atoms with van der Waals surface area (Å²) < 4.78 is 0. The summed E-state index contributed by atoms with van der Waals surface area (Å²) in [6.45, 7) is 1.19. The van der Waals surface area contributed by atoms with Crippen LogP contribution in [0.3, 0.4) is 0 Å². The molecule has 0 aliphatic carbocycles. The molecule has 2 rings (SSSR count). The van der Waals surface area contributed by atoms with Crippen LogP contribution in [-0.2, 0) is 9.59 Å². The lowest BCUT2D eigenvalue weighted by atomic mass is 10.0. The Hall–Kier alpha value is -2.65. The molecular weight excluding hydrogens is 272 g/mol. The molecule has 1 saturated heterocycles. The maximum absolute atomic E-state index is 12.5. The third kappa shape index (κ3) is 3.46. The highest BCUT2D eigenvalue weighted by Crippen LogP contribution is 2.14. The minimum absolute atomic E-state index is 0.161. The van der Waals surface area contributed by atoms with E-state index < -0.39 is 17.7 Å². The zero-order chi connectivity index (χ0) is 15.4. The van der Waals surface area contributed by atoms with Gasteiger partial charge in [0.1, 0.15) is 19.7 Å². The molecule has 1 heterocycles. The summed E-state index contributed by atoms with van der Waals surface area (Å²) in [5.41, 5.74) is 1.64. The lowest BCUT2D eigenvalue weighted by Gasteiger charge is -2.26. The molecule has 0 saturated carbocycles. The molecule has 1 aliphatic heterocycles. The fraction of sp³-hybridized carbons (Fsp3) is 0.267. The van der Waals surface area contributed by atoms with E-state index in [9.17, 15) is 14.4 Å². The number of aliphatic hydroxyl groups excluding tert-OH is 1. The first-order valence-electron chi connectivity index (χ1n) is 6.33. The van der Waals surface area contributed by atoms with Crippen LogP contribution in [-0.4, -0.2) is 47.4 Å². The molecule has 0 atom stereocenters. The van der Waals surface area contributed by atoms with Gasteiger partial charge in [-0.2, -0.15) is 0 Å². The van der Waals surface area contributed by atoms with Crippen LogP contribution in [0, 0.1) is 18.8 Å². The number of carbonyl (C=O) groups excluding carboxylic acids is 3. The molecule has 0 unspecified atom stereocenters. The highest BCUT2D eigenvalue weighted by atomic mass is 16.2. The van der Waals surface area contributed by atoms with Crippen molar-refractivity contribution in [2.75, 3.05) is 19.7 Å². The van der Waals surface area contributed by atoms with E-state index in [0.29, 0.717) is 11.1 Å². The highest BCUT2D eigenvalue weighted by molar-refractivity contribution is 6.06. The number of imide groups is 1. The molecular formula is C15H14N2O4. The molecule has 1 aromatic carbocycles. The first kappa shape index (κ1) is 14.8. The molecule has 1 aromatic rings. The van der Waals surface area contributed by atoms with Crippen molar-refractivity contribution in [1.82, 2.24) is 10.2 Å². The number of hydrogen-bond acceptors (Lipinski definition) is 4. The minimum atomic E-state index is -0.504. The molecule has 6 nitrogen and oxygen atoms in total. The number of nitrogens with zero attached hydrogens (tertiary/aromatic N) is 1. The van der Waals surface area contributed by atoms with Gasteiger partial charge in [-0.1, -0.05) is 23.5 Å². The van der Waals surface area contributed by atoms with Crippen LogP contribution in [0.15, 0.2) is 18.2 Å². The molecule has 0 spiro atoms. The van der Waals surface area contributed by atoms with Crippen molar-refractivity contribution in [3.63, 3.8) is 0 Å². The summed E-state index contributed by atoms with van der Waals surface area (Å²) in [6, 6.07) is 5.13. The van der Waals surface area contributed by atoms with E-state index in [1.165, 1.54) is 4.90 Å². The number of benzene rings is 1. The van der Waals surface area contributed by atoms with Gasteiger partial charge in [-0.25, -0.2) is 0 Å². The van der Waals surface area contributed by atoms with Gasteiger partial charge in [0.25, 0.3) is 5.91 Å². The smallest absolute Gasteiger partial charge is 0.256 e. The van der Waals surface area contributed by atoms with E-state index >= 15 is 0 Å². The number of piperazine rings is 1. The van der Waals surface area contributed by atoms with Crippen LogP contribution in [0.2, 0.25) is 0 Å². The second-order valence-electron chi connectivity index (χ2n) is 4.64. The predicted octanol–water partition coefficient (Wildman–Crippen LogP) is -0.563. The summed E-state index contributed by atoms with van der Waals surface area (Å²) in [7, 11) is 0. The Morgan fingerprint density at radius 1 is 1.33 bits per heavy atom. The summed E-state index contributed by atoms with van der Waals surface area (Å²) in [6.07, 6.45) is 0. The lowest BCUT2D eigenvalue weighted by Crippen LogP contribution is -2.53. The standard InChI is InChI=1S/C15H14N2O4/c1-10-4-5-11(3-2-6-18)12(7-10)15(21)17-8-13(19)16-14(20)9-17/h4-5,7,18H,6,8-9H2,1H3,(H,16,19,20). The van der Waals surface area contributed by atoms with E-state index in [1.807, 2.05) is 6.92 Å². The van der Waals surface area contributed by atoms with Crippen molar-refractivity contribution in [3.8, 4) is 11.8 Å². The van der Waals surface area contributed by atoms with Gasteiger partial charge in [0.15, 0.2) is 0 Å². The average molecular weight is 286 g/mol. The molecule has 0 aromatic heterocycles. The minimum Gasteiger partial charge on any atom is -0.384 e. The van der Waals surface area contributed by atoms with Crippen molar-refractivity contribution >= 4 is 17.7 Å². The summed E-state index contributed by atoms with van der Waals surface area (Å²) >= 11 is 0. The Morgan fingerprint density at radius 3 is 2.62 bits per heavy atom. The largest absolute Gasteiger partial charge is 0.384 e. The van der Waals surface area contributed by atoms with E-state index in [4.69, 9.17) is 5.11 Å². The van der Waals surface area contributed by atoms with Crippen LogP contribution in [0.1, 0.15) is 21.5 Å². The second kappa shape index (κ2) is 6.20. The Bertz CT molecular complexity index is 654. The summed E-state index contributed by atoms with van der Waals surface area (Å²) in [4.78, 5) is 36.4. The van der Waals surface area contributed by atoms with Crippen LogP contribution in [0.4, 0.5) is 0 Å². The van der Waals surface area contributed by atoms with E-state index in [-0.39, 0.29) is 19.7 Å². The highest BCUT2D eigenvalue weighted by Gasteiger charge is 2.28. The van der Waals surface area contributed by atoms with Gasteiger partial charge < -0.3 is 10.0 Å². The van der Waals surface area contributed by atoms with Gasteiger partial charge in [0, 0.05) is 5.56 Å². The zero-order valence-electron chi connectivity index (χ0n) is 11.5. The summed E-state index contributed by atoms with van der Waals surface area (Å²) in [5.74, 6) is 3.75. The first-order valence-corrected chi connectivity index (χ1v) is 6.33. The van der Waals surface area contributed by atoms with Gasteiger partial charge in [-0.3, -0.25) is 19.7 Å². The average Bonchev–Trinajstić information content (AvgIpc) is 2.44. The SMILES string of the molecule is Cc1ccc(C#CCO)c(C(=O)N2CC(=O)NC(=O)C2)c1. The van der Waals surface area contributed by atoms with E-state index in [1.54, 1.807) is 18.2 Å². The maximum atomic E-state index is 12.5. The Kier molecular flexibility index (Phi) is 4.36. The first-order chi connectivity index (χ1) is 10.0. The molecule has 0 radical (unpaired) electrons. The van der Waals surface area contributed by atoms with Gasteiger partial charge in [0.2, 0.25) is 11.8 Å². The Morgan fingerprint density at radius 2 is 2.00 bits per heavy atom. The number of carbonyl (C=O) groups is 3. The van der Waals surface area contributed by atoms with Crippen molar-refractivity contribution in [1.29, 1.82) is 0 Å². The van der Waals surface area contributed by atoms with Crippen molar-refractivity contribution in [2.45, 2.75) is 6.92 Å². The molecule has 6 heteroatoms. The lowest BCUT2D eigenvalue weighted by molar-refractivity contribution is -0.135. The molecule has 3 amide bonds. The third-order valence-electron chi connectivity index (χ3n) is 2.94. The Balaban J connectivity index is 2.35.